The van der Waals surface area contributed by atoms with Crippen molar-refractivity contribution in [2.24, 2.45) is 0 Å². The van der Waals surface area contributed by atoms with E-state index in [4.69, 9.17) is 0 Å². The van der Waals surface area contributed by atoms with E-state index >= 15 is 0 Å². The van der Waals surface area contributed by atoms with Gasteiger partial charge >= 0.3 is 0 Å². The molecule has 0 aliphatic carbocycles. The number of carbonyl (C=O) groups excluding carboxylic acids is 1. The van der Waals surface area contributed by atoms with E-state index in [0.717, 1.165) is 32.8 Å². The summed E-state index contributed by atoms with van der Waals surface area (Å²) in [4.78, 5) is 12.3. The summed E-state index contributed by atoms with van der Waals surface area (Å²) >= 11 is 3.45. The van der Waals surface area contributed by atoms with E-state index in [2.05, 4.69) is 38.5 Å². The number of nitrogens with zero attached hydrogens (tertiary/aromatic N) is 2. The lowest BCUT2D eigenvalue weighted by molar-refractivity contribution is -0.116. The smallest absolute Gasteiger partial charge is 0.226 e. The van der Waals surface area contributed by atoms with Crippen molar-refractivity contribution in [1.82, 2.24) is 9.78 Å². The maximum Gasteiger partial charge on any atom is 0.226 e. The van der Waals surface area contributed by atoms with Crippen molar-refractivity contribution in [3.63, 3.8) is 0 Å². The summed E-state index contributed by atoms with van der Waals surface area (Å²) in [6.07, 6.45) is 0.448. The molecule has 4 rings (SSSR count). The molecule has 0 saturated carbocycles. The average Bonchev–Trinajstić information content (AvgIpc) is 2.92. The molecule has 24 heavy (non-hydrogen) atoms. The first kappa shape index (κ1) is 15.1. The van der Waals surface area contributed by atoms with Gasteiger partial charge in [0.25, 0.3) is 0 Å². The molecular weight excluding hydrogens is 366 g/mol. The number of hydrogen-bond donors (Lipinski definition) is 1. The molecule has 1 aromatic heterocycles. The summed E-state index contributed by atoms with van der Waals surface area (Å²) in [5, 5.41) is 7.70. The molecule has 1 aliphatic rings. The number of nitrogens with one attached hydrogen (secondary N) is 1. The second-order valence-electron chi connectivity index (χ2n) is 5.95. The zero-order valence-electron chi connectivity index (χ0n) is 13.2. The predicted molar refractivity (Wildman–Crippen MR) is 97.5 cm³/mol. The lowest BCUT2D eigenvalue weighted by Gasteiger charge is -2.24. The molecule has 0 bridgehead atoms. The lowest BCUT2D eigenvalue weighted by Crippen LogP contribution is -2.24. The number of hydrogen-bond acceptors (Lipinski definition) is 2. The van der Waals surface area contributed by atoms with Gasteiger partial charge in [-0.05, 0) is 36.8 Å². The van der Waals surface area contributed by atoms with Crippen molar-refractivity contribution in [2.45, 2.75) is 19.3 Å². The molecular formula is C19H16BrN3O. The average molecular weight is 382 g/mol. The van der Waals surface area contributed by atoms with Crippen LogP contribution in [0.5, 0.6) is 0 Å². The summed E-state index contributed by atoms with van der Waals surface area (Å²) in [6.45, 7) is 2.00. The van der Waals surface area contributed by atoms with Gasteiger partial charge < -0.3 is 5.32 Å². The molecule has 0 unspecified atom stereocenters. The summed E-state index contributed by atoms with van der Waals surface area (Å²) in [6, 6.07) is 18.1. The molecule has 4 nitrogen and oxygen atoms in total. The first-order valence-corrected chi connectivity index (χ1v) is 8.63. The first-order valence-electron chi connectivity index (χ1n) is 7.84. The van der Waals surface area contributed by atoms with Crippen LogP contribution in [0.3, 0.4) is 0 Å². The van der Waals surface area contributed by atoms with Gasteiger partial charge in [0.1, 0.15) is 5.82 Å². The van der Waals surface area contributed by atoms with Gasteiger partial charge in [0.2, 0.25) is 5.91 Å². The zero-order chi connectivity index (χ0) is 16.7. The standard InChI is InChI=1S/C19H16BrN3O/c1-12-18-16(13-5-3-2-4-6-13)11-17(24)21-19(18)23(22-12)15-9-7-14(20)8-10-15/h2-10,16H,11H2,1H3,(H,21,24)/t16-/m1/s1. The summed E-state index contributed by atoms with van der Waals surface area (Å²) in [5.41, 5.74) is 4.12. The number of halogens is 1. The minimum Gasteiger partial charge on any atom is -0.310 e. The van der Waals surface area contributed by atoms with Crippen LogP contribution in [-0.4, -0.2) is 15.7 Å². The van der Waals surface area contributed by atoms with Gasteiger partial charge in [-0.2, -0.15) is 5.10 Å². The van der Waals surface area contributed by atoms with E-state index in [1.807, 2.05) is 54.1 Å². The van der Waals surface area contributed by atoms with Gasteiger partial charge in [-0.15, -0.1) is 0 Å². The van der Waals surface area contributed by atoms with Crippen molar-refractivity contribution in [3.8, 4) is 5.69 Å². The number of benzene rings is 2. The van der Waals surface area contributed by atoms with E-state index in [-0.39, 0.29) is 11.8 Å². The minimum absolute atomic E-state index is 0.0228. The third-order valence-electron chi connectivity index (χ3n) is 4.38. The van der Waals surface area contributed by atoms with Crippen molar-refractivity contribution in [3.05, 3.63) is 75.9 Å². The fraction of sp³-hybridized carbons (Fsp3) is 0.158. The van der Waals surface area contributed by atoms with Crippen molar-refractivity contribution >= 4 is 27.7 Å². The third-order valence-corrected chi connectivity index (χ3v) is 4.90. The van der Waals surface area contributed by atoms with E-state index in [0.29, 0.717) is 6.42 Å². The van der Waals surface area contributed by atoms with Crippen LogP contribution in [0, 0.1) is 6.92 Å². The maximum atomic E-state index is 12.3. The van der Waals surface area contributed by atoms with Gasteiger partial charge in [-0.3, -0.25) is 4.79 Å². The second kappa shape index (κ2) is 5.91. The van der Waals surface area contributed by atoms with E-state index in [1.165, 1.54) is 0 Å². The maximum absolute atomic E-state index is 12.3. The molecule has 120 valence electrons. The van der Waals surface area contributed by atoms with Crippen LogP contribution >= 0.6 is 15.9 Å². The van der Waals surface area contributed by atoms with Crippen LogP contribution in [0.1, 0.15) is 29.2 Å². The van der Waals surface area contributed by atoms with Crippen LogP contribution in [0.25, 0.3) is 5.69 Å². The van der Waals surface area contributed by atoms with Crippen molar-refractivity contribution < 1.29 is 4.79 Å². The van der Waals surface area contributed by atoms with Crippen LogP contribution in [0.15, 0.2) is 59.1 Å². The highest BCUT2D eigenvalue weighted by Gasteiger charge is 2.32. The van der Waals surface area contributed by atoms with Crippen molar-refractivity contribution in [2.75, 3.05) is 5.32 Å². The normalized spacial score (nSPS) is 16.6. The van der Waals surface area contributed by atoms with Gasteiger partial charge in [0, 0.05) is 22.4 Å². The van der Waals surface area contributed by atoms with Crippen molar-refractivity contribution in [1.29, 1.82) is 0 Å². The van der Waals surface area contributed by atoms with Gasteiger partial charge in [-0.1, -0.05) is 46.3 Å². The highest BCUT2D eigenvalue weighted by atomic mass is 79.9. The highest BCUT2D eigenvalue weighted by Crippen LogP contribution is 2.40. The highest BCUT2D eigenvalue weighted by molar-refractivity contribution is 9.10. The molecule has 5 heteroatoms. The summed E-state index contributed by atoms with van der Waals surface area (Å²) < 4.78 is 2.83. The zero-order valence-corrected chi connectivity index (χ0v) is 14.7. The number of carbonyl (C=O) groups is 1. The fourth-order valence-electron chi connectivity index (χ4n) is 3.29. The predicted octanol–water partition coefficient (Wildman–Crippen LogP) is 4.42. The molecule has 3 aromatic rings. The Morgan fingerprint density at radius 3 is 2.54 bits per heavy atom. The second-order valence-corrected chi connectivity index (χ2v) is 6.87. The Morgan fingerprint density at radius 2 is 1.83 bits per heavy atom. The van der Waals surface area contributed by atoms with Crippen LogP contribution in [-0.2, 0) is 4.79 Å². The molecule has 1 N–H and O–H groups in total. The Bertz CT molecular complexity index is 900. The molecule has 0 spiro atoms. The first-order chi connectivity index (χ1) is 11.6. The molecule has 0 saturated heterocycles. The monoisotopic (exact) mass is 381 g/mol. The number of fused-ring (bicyclic) bond motifs is 1. The molecule has 1 aliphatic heterocycles. The Morgan fingerprint density at radius 1 is 1.12 bits per heavy atom. The van der Waals surface area contributed by atoms with E-state index in [9.17, 15) is 4.79 Å². The Kier molecular flexibility index (Phi) is 3.73. The largest absolute Gasteiger partial charge is 0.310 e. The molecule has 0 fully saturated rings. The number of aryl methyl sites for hydroxylation is 1. The van der Waals surface area contributed by atoms with Crippen LogP contribution < -0.4 is 5.32 Å². The quantitative estimate of drug-likeness (QED) is 0.714. The molecule has 1 amide bonds. The van der Waals surface area contributed by atoms with Gasteiger partial charge in [0.15, 0.2) is 0 Å². The minimum atomic E-state index is 0.0228. The number of rotatable bonds is 2. The van der Waals surface area contributed by atoms with E-state index < -0.39 is 0 Å². The van der Waals surface area contributed by atoms with Crippen LogP contribution in [0.2, 0.25) is 0 Å². The molecule has 2 aromatic carbocycles. The third kappa shape index (κ3) is 2.55. The summed E-state index contributed by atoms with van der Waals surface area (Å²) in [5.74, 6) is 0.841. The van der Waals surface area contributed by atoms with Gasteiger partial charge in [-0.25, -0.2) is 4.68 Å². The number of anilines is 1. The number of aromatic nitrogens is 2. The summed E-state index contributed by atoms with van der Waals surface area (Å²) in [7, 11) is 0. The van der Waals surface area contributed by atoms with Crippen LogP contribution in [0.4, 0.5) is 5.82 Å². The fourth-order valence-corrected chi connectivity index (χ4v) is 3.55. The van der Waals surface area contributed by atoms with E-state index in [1.54, 1.807) is 0 Å². The Balaban J connectivity index is 1.87. The SMILES string of the molecule is Cc1nn(-c2ccc(Br)cc2)c2c1[C@@H](c1ccccc1)CC(=O)N2. The Labute approximate surface area is 148 Å². The number of amides is 1. The molecule has 2 heterocycles. The topological polar surface area (TPSA) is 46.9 Å². The molecule has 1 atom stereocenters. The Hall–Kier alpha value is -2.40. The lowest BCUT2D eigenvalue weighted by atomic mass is 9.86. The van der Waals surface area contributed by atoms with Gasteiger partial charge in [0.05, 0.1) is 11.4 Å². The molecule has 0 radical (unpaired) electrons.